The first-order valence-electron chi connectivity index (χ1n) is 5.98. The minimum atomic E-state index is 0.454. The van der Waals surface area contributed by atoms with Gasteiger partial charge in [-0.1, -0.05) is 24.3 Å². The van der Waals surface area contributed by atoms with Gasteiger partial charge in [-0.25, -0.2) is 0 Å². The quantitative estimate of drug-likeness (QED) is 0.846. The van der Waals surface area contributed by atoms with E-state index in [0.717, 1.165) is 12.1 Å². The summed E-state index contributed by atoms with van der Waals surface area (Å²) < 4.78 is 0. The van der Waals surface area contributed by atoms with Crippen LogP contribution in [0.3, 0.4) is 0 Å². The normalized spacial score (nSPS) is 12.6. The number of aromatic nitrogens is 2. The lowest BCUT2D eigenvalue weighted by molar-refractivity contribution is 0.609. The van der Waals surface area contributed by atoms with Gasteiger partial charge in [-0.3, -0.25) is 5.10 Å². The van der Waals surface area contributed by atoms with E-state index in [-0.39, 0.29) is 0 Å². The summed E-state index contributed by atoms with van der Waals surface area (Å²) in [6.45, 7) is 4.30. The number of hydrogen-bond donors (Lipinski definition) is 2. The van der Waals surface area contributed by atoms with Gasteiger partial charge in [0.15, 0.2) is 0 Å². The van der Waals surface area contributed by atoms with E-state index in [1.54, 1.807) is 0 Å². The van der Waals surface area contributed by atoms with E-state index in [9.17, 15) is 0 Å². The van der Waals surface area contributed by atoms with Gasteiger partial charge in [-0.2, -0.15) is 5.10 Å². The van der Waals surface area contributed by atoms with Crippen LogP contribution in [0.4, 0.5) is 0 Å². The summed E-state index contributed by atoms with van der Waals surface area (Å²) in [7, 11) is 1.98. The highest BCUT2D eigenvalue weighted by Gasteiger charge is 2.11. The van der Waals surface area contributed by atoms with Crippen molar-refractivity contribution in [2.45, 2.75) is 26.3 Å². The fourth-order valence-electron chi connectivity index (χ4n) is 1.98. The Morgan fingerprint density at radius 1 is 1.35 bits per heavy atom. The Hall–Kier alpha value is -1.61. The molecule has 1 aromatic heterocycles. The number of hydrogen-bond acceptors (Lipinski definition) is 2. The van der Waals surface area contributed by atoms with Crippen LogP contribution in [0.15, 0.2) is 30.5 Å². The number of benzene rings is 1. The fourth-order valence-corrected chi connectivity index (χ4v) is 1.98. The Balaban J connectivity index is 2.34. The van der Waals surface area contributed by atoms with Crippen LogP contribution in [0.25, 0.3) is 11.3 Å². The summed E-state index contributed by atoms with van der Waals surface area (Å²) >= 11 is 0. The second kappa shape index (κ2) is 5.15. The van der Waals surface area contributed by atoms with Gasteiger partial charge in [-0.15, -0.1) is 0 Å². The van der Waals surface area contributed by atoms with Crippen LogP contribution in [-0.4, -0.2) is 23.3 Å². The molecular formula is C14H19N3. The van der Waals surface area contributed by atoms with Gasteiger partial charge in [0.1, 0.15) is 0 Å². The highest BCUT2D eigenvalue weighted by atomic mass is 15.1. The van der Waals surface area contributed by atoms with E-state index < -0.39 is 0 Å². The largest absolute Gasteiger partial charge is 0.317 e. The number of rotatable bonds is 4. The van der Waals surface area contributed by atoms with Gasteiger partial charge in [0.2, 0.25) is 0 Å². The van der Waals surface area contributed by atoms with Gasteiger partial charge in [0, 0.05) is 11.6 Å². The number of likely N-dealkylation sites (N-methyl/N-ethyl adjacent to an activating group) is 1. The molecule has 0 saturated carbocycles. The zero-order valence-corrected chi connectivity index (χ0v) is 10.6. The molecule has 0 spiro atoms. The van der Waals surface area contributed by atoms with Gasteiger partial charge in [0.05, 0.1) is 11.9 Å². The third kappa shape index (κ3) is 2.56. The Kier molecular flexibility index (Phi) is 3.59. The molecule has 2 N–H and O–H groups in total. The van der Waals surface area contributed by atoms with Gasteiger partial charge in [-0.05, 0) is 38.4 Å². The van der Waals surface area contributed by atoms with Crippen LogP contribution in [0, 0.1) is 6.92 Å². The molecule has 1 heterocycles. The van der Waals surface area contributed by atoms with Gasteiger partial charge < -0.3 is 5.32 Å². The van der Waals surface area contributed by atoms with Crippen LogP contribution in [0.2, 0.25) is 0 Å². The minimum Gasteiger partial charge on any atom is -0.317 e. The van der Waals surface area contributed by atoms with Gasteiger partial charge >= 0.3 is 0 Å². The molecule has 0 aliphatic heterocycles. The minimum absolute atomic E-state index is 0.454. The molecule has 0 radical (unpaired) electrons. The molecule has 2 rings (SSSR count). The molecule has 0 amide bonds. The third-order valence-electron chi connectivity index (χ3n) is 3.15. The van der Waals surface area contributed by atoms with Crippen molar-refractivity contribution in [3.63, 3.8) is 0 Å². The Bertz CT molecular complexity index is 488. The van der Waals surface area contributed by atoms with Crippen LogP contribution in [0.5, 0.6) is 0 Å². The van der Waals surface area contributed by atoms with Crippen LogP contribution < -0.4 is 5.32 Å². The van der Waals surface area contributed by atoms with Crippen LogP contribution in [0.1, 0.15) is 18.1 Å². The standard InChI is InChI=1S/C14H19N3/c1-10-6-4-5-7-13(10)14-12(9-16-17-14)8-11(2)15-3/h4-7,9,11,15H,8H2,1-3H3,(H,16,17). The predicted molar refractivity (Wildman–Crippen MR) is 71.0 cm³/mol. The lowest BCUT2D eigenvalue weighted by Gasteiger charge is -2.11. The maximum absolute atomic E-state index is 4.17. The van der Waals surface area contributed by atoms with E-state index in [0.29, 0.717) is 6.04 Å². The molecule has 1 unspecified atom stereocenters. The summed E-state index contributed by atoms with van der Waals surface area (Å²) in [5, 5.41) is 10.5. The molecular weight excluding hydrogens is 210 g/mol. The molecule has 1 atom stereocenters. The van der Waals surface area contributed by atoms with Crippen molar-refractivity contribution in [3.05, 3.63) is 41.6 Å². The fraction of sp³-hybridized carbons (Fsp3) is 0.357. The van der Waals surface area contributed by atoms with Crippen molar-refractivity contribution >= 4 is 0 Å². The first-order valence-corrected chi connectivity index (χ1v) is 5.98. The summed E-state index contributed by atoms with van der Waals surface area (Å²) in [5.74, 6) is 0. The lowest BCUT2D eigenvalue weighted by Crippen LogP contribution is -2.23. The first-order chi connectivity index (χ1) is 8.22. The molecule has 0 bridgehead atoms. The summed E-state index contributed by atoms with van der Waals surface area (Å²) in [5.41, 5.74) is 4.92. The maximum Gasteiger partial charge on any atom is 0.0685 e. The Morgan fingerprint density at radius 2 is 2.12 bits per heavy atom. The molecule has 90 valence electrons. The van der Waals surface area contributed by atoms with Crippen molar-refractivity contribution in [1.29, 1.82) is 0 Å². The van der Waals surface area contributed by atoms with Crippen molar-refractivity contribution in [2.24, 2.45) is 0 Å². The monoisotopic (exact) mass is 229 g/mol. The number of aryl methyl sites for hydroxylation is 1. The zero-order chi connectivity index (χ0) is 12.3. The van der Waals surface area contributed by atoms with E-state index in [4.69, 9.17) is 0 Å². The van der Waals surface area contributed by atoms with E-state index >= 15 is 0 Å². The third-order valence-corrected chi connectivity index (χ3v) is 3.15. The predicted octanol–water partition coefficient (Wildman–Crippen LogP) is 2.54. The Morgan fingerprint density at radius 3 is 2.82 bits per heavy atom. The number of H-pyrrole nitrogens is 1. The highest BCUT2D eigenvalue weighted by molar-refractivity contribution is 5.66. The van der Waals surface area contributed by atoms with E-state index in [1.165, 1.54) is 16.7 Å². The molecule has 1 aromatic carbocycles. The van der Waals surface area contributed by atoms with Gasteiger partial charge in [0.25, 0.3) is 0 Å². The molecule has 2 aromatic rings. The zero-order valence-electron chi connectivity index (χ0n) is 10.6. The Labute approximate surface area is 102 Å². The second-order valence-corrected chi connectivity index (χ2v) is 4.48. The molecule has 0 aliphatic rings. The van der Waals surface area contributed by atoms with Crippen molar-refractivity contribution in [2.75, 3.05) is 7.05 Å². The molecule has 3 heteroatoms. The molecule has 0 saturated heterocycles. The maximum atomic E-state index is 4.17. The van der Waals surface area contributed by atoms with E-state index in [1.807, 2.05) is 13.2 Å². The van der Waals surface area contributed by atoms with E-state index in [2.05, 4.69) is 53.6 Å². The topological polar surface area (TPSA) is 40.7 Å². The SMILES string of the molecule is CNC(C)Cc1cn[nH]c1-c1ccccc1C. The second-order valence-electron chi connectivity index (χ2n) is 4.48. The van der Waals surface area contributed by atoms with Crippen LogP contribution in [-0.2, 0) is 6.42 Å². The molecule has 0 fully saturated rings. The average Bonchev–Trinajstić information content (AvgIpc) is 2.77. The lowest BCUT2D eigenvalue weighted by atomic mass is 10.00. The number of nitrogens with zero attached hydrogens (tertiary/aromatic N) is 1. The summed E-state index contributed by atoms with van der Waals surface area (Å²) in [4.78, 5) is 0. The molecule has 17 heavy (non-hydrogen) atoms. The average molecular weight is 229 g/mol. The smallest absolute Gasteiger partial charge is 0.0685 e. The van der Waals surface area contributed by atoms with Crippen molar-refractivity contribution in [3.8, 4) is 11.3 Å². The van der Waals surface area contributed by atoms with Crippen molar-refractivity contribution < 1.29 is 0 Å². The summed E-state index contributed by atoms with van der Waals surface area (Å²) in [6.07, 6.45) is 2.91. The molecule has 3 nitrogen and oxygen atoms in total. The first kappa shape index (κ1) is 11.9. The molecule has 0 aliphatic carbocycles. The van der Waals surface area contributed by atoms with Crippen LogP contribution >= 0.6 is 0 Å². The number of nitrogens with one attached hydrogen (secondary N) is 2. The van der Waals surface area contributed by atoms with Crippen molar-refractivity contribution in [1.82, 2.24) is 15.5 Å². The highest BCUT2D eigenvalue weighted by Crippen LogP contribution is 2.25. The summed E-state index contributed by atoms with van der Waals surface area (Å²) in [6, 6.07) is 8.84. The number of aromatic amines is 1.